The summed E-state index contributed by atoms with van der Waals surface area (Å²) in [6.07, 6.45) is -0.102. The van der Waals surface area contributed by atoms with Crippen LogP contribution >= 0.6 is 27.7 Å². The molecule has 0 saturated carbocycles. The Morgan fingerprint density at radius 1 is 1.50 bits per heavy atom. The van der Waals surface area contributed by atoms with Crippen molar-refractivity contribution in [3.05, 3.63) is 34.2 Å². The molecule has 26 heavy (non-hydrogen) atoms. The maximum Gasteiger partial charge on any atom is 0.186 e. The summed E-state index contributed by atoms with van der Waals surface area (Å²) < 4.78 is 29.6. The molecule has 0 bridgehead atoms. The number of hydrogen-bond acceptors (Lipinski definition) is 8. The van der Waals surface area contributed by atoms with Crippen molar-refractivity contribution in [2.45, 2.75) is 30.8 Å². The number of rotatable bonds is 5. The molecule has 1 fully saturated rings. The maximum absolute atomic E-state index is 13.3. The number of hydroxylamine groups is 1. The number of nitrogens with one attached hydrogen (secondary N) is 1. The summed E-state index contributed by atoms with van der Waals surface area (Å²) in [5.41, 5.74) is 2.62. The van der Waals surface area contributed by atoms with Gasteiger partial charge < -0.3 is 9.47 Å². The molecule has 11 heteroatoms. The van der Waals surface area contributed by atoms with E-state index in [0.717, 1.165) is 0 Å². The normalized spacial score (nSPS) is 19.7. The van der Waals surface area contributed by atoms with Crippen molar-refractivity contribution in [3.63, 3.8) is 0 Å². The third kappa shape index (κ3) is 4.60. The van der Waals surface area contributed by atoms with Gasteiger partial charge >= 0.3 is 0 Å². The lowest BCUT2D eigenvalue weighted by atomic mass is 10.3. The van der Waals surface area contributed by atoms with Crippen LogP contribution in [0.25, 0.3) is 0 Å². The highest BCUT2D eigenvalue weighted by Crippen LogP contribution is 2.28. The van der Waals surface area contributed by atoms with Gasteiger partial charge in [0.25, 0.3) is 0 Å². The largest absolute Gasteiger partial charge is 0.348 e. The van der Waals surface area contributed by atoms with Gasteiger partial charge in [0.2, 0.25) is 0 Å². The zero-order valence-electron chi connectivity index (χ0n) is 13.9. The highest BCUT2D eigenvalue weighted by Gasteiger charge is 2.33. The molecule has 1 aliphatic rings. The van der Waals surface area contributed by atoms with Crippen molar-refractivity contribution in [1.29, 1.82) is 0 Å². The second kappa shape index (κ2) is 8.01. The minimum atomic E-state index is -0.606. The number of aromatic nitrogens is 2. The Morgan fingerprint density at radius 2 is 2.31 bits per heavy atom. The van der Waals surface area contributed by atoms with E-state index in [2.05, 4.69) is 31.2 Å². The Hall–Kier alpha value is -1.53. The van der Waals surface area contributed by atoms with E-state index in [4.69, 9.17) is 14.1 Å². The molecule has 2 aromatic rings. The second-order valence-electron chi connectivity index (χ2n) is 5.85. The maximum atomic E-state index is 13.3. The number of benzene rings is 1. The first kappa shape index (κ1) is 19.2. The highest BCUT2D eigenvalue weighted by atomic mass is 79.9. The minimum absolute atomic E-state index is 0.0242. The van der Waals surface area contributed by atoms with E-state index in [1.54, 1.807) is 0 Å². The van der Waals surface area contributed by atoms with Crippen molar-refractivity contribution >= 4 is 39.2 Å². The first-order valence-electron chi connectivity index (χ1n) is 7.59. The topological polar surface area (TPSA) is 102 Å². The molecule has 140 valence electrons. The van der Waals surface area contributed by atoms with E-state index in [-0.39, 0.29) is 22.1 Å². The van der Waals surface area contributed by atoms with Gasteiger partial charge in [-0.2, -0.15) is 0 Å². The van der Waals surface area contributed by atoms with Gasteiger partial charge in [-0.1, -0.05) is 11.8 Å². The average molecular weight is 447 g/mol. The number of hydrogen-bond donors (Lipinski definition) is 2. The SMILES string of the molecule is CC1(C)OC[C@@H](CSc2nonc2C(=Nc2ccc(F)c(Br)c2)NO)O1. The lowest BCUT2D eigenvalue weighted by Gasteiger charge is -2.16. The molecule has 8 nitrogen and oxygen atoms in total. The predicted octanol–water partition coefficient (Wildman–Crippen LogP) is 3.27. The van der Waals surface area contributed by atoms with Gasteiger partial charge in [-0.25, -0.2) is 14.0 Å². The first-order valence-corrected chi connectivity index (χ1v) is 9.37. The summed E-state index contributed by atoms with van der Waals surface area (Å²) in [7, 11) is 0. The Morgan fingerprint density at radius 3 is 2.96 bits per heavy atom. The standard InChI is InChI=1S/C15H16BrFN4O4S/c1-15(2)23-6-9(24-15)7-26-14-12(20-25-21-14)13(19-22)18-8-3-4-11(17)10(16)5-8/h3-5,9,22H,6-7H2,1-2H3,(H,18,19)/t9-/m0/s1. The summed E-state index contributed by atoms with van der Waals surface area (Å²) in [5.74, 6) is -0.434. The zero-order valence-corrected chi connectivity index (χ0v) is 16.3. The molecule has 1 saturated heterocycles. The molecule has 2 heterocycles. The number of nitrogens with zero attached hydrogens (tertiary/aromatic N) is 3. The van der Waals surface area contributed by atoms with Crippen molar-refractivity contribution < 1.29 is 23.7 Å². The van der Waals surface area contributed by atoms with Gasteiger partial charge in [-0.05, 0) is 58.3 Å². The third-order valence-electron chi connectivity index (χ3n) is 3.41. The lowest BCUT2D eigenvalue weighted by Crippen LogP contribution is -2.23. The van der Waals surface area contributed by atoms with Crippen LogP contribution in [0.15, 0.2) is 37.3 Å². The number of amidine groups is 1. The molecule has 0 radical (unpaired) electrons. The summed E-state index contributed by atoms with van der Waals surface area (Å²) in [4.78, 5) is 4.21. The molecule has 1 aromatic carbocycles. The zero-order chi connectivity index (χ0) is 18.7. The van der Waals surface area contributed by atoms with Crippen LogP contribution in [0, 0.1) is 5.82 Å². The average Bonchev–Trinajstić information content (AvgIpc) is 3.20. The first-order chi connectivity index (χ1) is 12.4. The minimum Gasteiger partial charge on any atom is -0.348 e. The smallest absolute Gasteiger partial charge is 0.186 e. The monoisotopic (exact) mass is 446 g/mol. The molecule has 1 aromatic heterocycles. The predicted molar refractivity (Wildman–Crippen MR) is 95.1 cm³/mol. The number of thioether (sulfide) groups is 1. The molecule has 1 aliphatic heterocycles. The number of halogens is 2. The summed E-state index contributed by atoms with van der Waals surface area (Å²) >= 11 is 4.43. The molecule has 0 unspecified atom stereocenters. The van der Waals surface area contributed by atoms with Crippen LogP contribution in [0.1, 0.15) is 19.5 Å². The van der Waals surface area contributed by atoms with E-state index >= 15 is 0 Å². The van der Waals surface area contributed by atoms with Crippen LogP contribution in [0.4, 0.5) is 10.1 Å². The van der Waals surface area contributed by atoms with Gasteiger partial charge in [-0.15, -0.1) is 0 Å². The van der Waals surface area contributed by atoms with Gasteiger partial charge in [0.05, 0.1) is 22.9 Å². The van der Waals surface area contributed by atoms with Crippen LogP contribution in [-0.2, 0) is 9.47 Å². The van der Waals surface area contributed by atoms with E-state index < -0.39 is 11.6 Å². The molecule has 3 rings (SSSR count). The van der Waals surface area contributed by atoms with Crippen LogP contribution in [0.2, 0.25) is 0 Å². The number of aliphatic imine (C=N–C) groups is 1. The molecule has 1 atom stereocenters. The quantitative estimate of drug-likeness (QED) is 0.312. The molecule has 2 N–H and O–H groups in total. The Labute approximate surface area is 161 Å². The van der Waals surface area contributed by atoms with Crippen LogP contribution < -0.4 is 5.48 Å². The van der Waals surface area contributed by atoms with Crippen LogP contribution in [0.3, 0.4) is 0 Å². The Kier molecular flexibility index (Phi) is 5.92. The van der Waals surface area contributed by atoms with Gasteiger partial charge in [-0.3, -0.25) is 10.7 Å². The van der Waals surface area contributed by atoms with E-state index in [0.29, 0.717) is 23.1 Å². The van der Waals surface area contributed by atoms with Gasteiger partial charge in [0.1, 0.15) is 5.82 Å². The van der Waals surface area contributed by atoms with Crippen LogP contribution in [-0.4, -0.2) is 45.6 Å². The lowest BCUT2D eigenvalue weighted by molar-refractivity contribution is -0.135. The molecular weight excluding hydrogens is 431 g/mol. The fourth-order valence-electron chi connectivity index (χ4n) is 2.25. The second-order valence-corrected chi connectivity index (χ2v) is 7.71. The van der Waals surface area contributed by atoms with E-state index in [1.807, 2.05) is 19.3 Å². The van der Waals surface area contributed by atoms with E-state index in [9.17, 15) is 9.60 Å². The molecule has 0 spiro atoms. The summed E-state index contributed by atoms with van der Waals surface area (Å²) in [6, 6.07) is 4.19. The van der Waals surface area contributed by atoms with Crippen LogP contribution in [0.5, 0.6) is 0 Å². The van der Waals surface area contributed by atoms with E-state index in [1.165, 1.54) is 30.0 Å². The van der Waals surface area contributed by atoms with Crippen molar-refractivity contribution in [2.75, 3.05) is 12.4 Å². The fraction of sp³-hybridized carbons (Fsp3) is 0.400. The Balaban J connectivity index is 1.74. The fourth-order valence-corrected chi connectivity index (χ4v) is 3.48. The number of ether oxygens (including phenoxy) is 2. The summed E-state index contributed by atoms with van der Waals surface area (Å²) in [5, 5.41) is 17.5. The van der Waals surface area contributed by atoms with Gasteiger partial charge in [0.15, 0.2) is 22.3 Å². The Bertz CT molecular complexity index is 817. The molecular formula is C15H16BrFN4O4S. The van der Waals surface area contributed by atoms with Crippen molar-refractivity contribution in [1.82, 2.24) is 15.8 Å². The molecule has 0 aliphatic carbocycles. The van der Waals surface area contributed by atoms with Crippen molar-refractivity contribution in [3.8, 4) is 0 Å². The molecule has 0 amide bonds. The highest BCUT2D eigenvalue weighted by molar-refractivity contribution is 9.10. The summed E-state index contributed by atoms with van der Waals surface area (Å²) in [6.45, 7) is 4.17. The van der Waals surface area contributed by atoms with Crippen molar-refractivity contribution in [2.24, 2.45) is 4.99 Å². The third-order valence-corrected chi connectivity index (χ3v) is 5.09. The van der Waals surface area contributed by atoms with Gasteiger partial charge in [0, 0.05) is 5.75 Å².